The van der Waals surface area contributed by atoms with Crippen LogP contribution >= 0.6 is 11.3 Å². The highest BCUT2D eigenvalue weighted by Gasteiger charge is 2.17. The van der Waals surface area contributed by atoms with Gasteiger partial charge in [-0.25, -0.2) is 15.0 Å². The molecule has 0 unspecified atom stereocenters. The second-order valence-electron chi connectivity index (χ2n) is 5.04. The summed E-state index contributed by atoms with van der Waals surface area (Å²) in [5.41, 5.74) is 4.85. The number of hydrogen-bond acceptors (Lipinski definition) is 6. The van der Waals surface area contributed by atoms with E-state index in [-0.39, 0.29) is 0 Å². The Morgan fingerprint density at radius 1 is 0.952 bits per heavy atom. The van der Waals surface area contributed by atoms with Crippen LogP contribution in [0.1, 0.15) is 22.9 Å². The van der Waals surface area contributed by atoms with Crippen LogP contribution in [0.15, 0.2) is 6.07 Å². The van der Waals surface area contributed by atoms with Gasteiger partial charge in [-0.1, -0.05) is 0 Å². The van der Waals surface area contributed by atoms with Gasteiger partial charge in [-0.2, -0.15) is 0 Å². The minimum atomic E-state index is 0.760. The maximum Gasteiger partial charge on any atom is 0.140 e. The van der Waals surface area contributed by atoms with Gasteiger partial charge in [0.1, 0.15) is 22.2 Å². The van der Waals surface area contributed by atoms with Crippen LogP contribution < -0.4 is 5.32 Å². The van der Waals surface area contributed by atoms with Crippen LogP contribution in [0.25, 0.3) is 20.8 Å². The lowest BCUT2D eigenvalue weighted by molar-refractivity contribution is 1.01. The number of hydrogen-bond donors (Lipinski definition) is 1. The van der Waals surface area contributed by atoms with Crippen LogP contribution in [0.3, 0.4) is 0 Å². The zero-order valence-corrected chi connectivity index (χ0v) is 13.6. The third kappa shape index (κ3) is 2.35. The van der Waals surface area contributed by atoms with E-state index in [0.29, 0.717) is 0 Å². The molecule has 3 rings (SSSR count). The summed E-state index contributed by atoms with van der Waals surface area (Å²) in [6.07, 6.45) is 0. The van der Waals surface area contributed by atoms with Crippen molar-refractivity contribution in [1.82, 2.24) is 19.9 Å². The molecule has 3 heterocycles. The molecule has 0 aliphatic heterocycles. The first-order valence-corrected chi connectivity index (χ1v) is 7.59. The predicted molar refractivity (Wildman–Crippen MR) is 86.9 cm³/mol. The lowest BCUT2D eigenvalue weighted by Crippen LogP contribution is -2.02. The Labute approximate surface area is 127 Å². The average molecular weight is 299 g/mol. The second-order valence-corrected chi connectivity index (χ2v) is 6.08. The maximum absolute atomic E-state index is 4.76. The van der Waals surface area contributed by atoms with Gasteiger partial charge in [0.2, 0.25) is 0 Å². The Balaban J connectivity index is 2.28. The fourth-order valence-corrected chi connectivity index (χ4v) is 3.70. The van der Waals surface area contributed by atoms with Gasteiger partial charge in [-0.05, 0) is 33.8 Å². The van der Waals surface area contributed by atoms with Crippen molar-refractivity contribution < 1.29 is 0 Å². The zero-order valence-electron chi connectivity index (χ0n) is 12.8. The number of aryl methyl sites for hydroxylation is 4. The predicted octanol–water partition coefficient (Wildman–Crippen LogP) is 3.42. The zero-order chi connectivity index (χ0) is 15.1. The number of pyridine rings is 1. The maximum atomic E-state index is 4.76. The van der Waals surface area contributed by atoms with Crippen LogP contribution in [-0.4, -0.2) is 27.0 Å². The fraction of sp³-hybridized carbons (Fsp3) is 0.333. The van der Waals surface area contributed by atoms with Crippen molar-refractivity contribution in [3.8, 4) is 10.6 Å². The SMILES string of the molecule is CNc1nc(C)nc(C)c1-c1nc2c(C)nc(C)cc2s1. The highest BCUT2D eigenvalue weighted by atomic mass is 32.1. The lowest BCUT2D eigenvalue weighted by atomic mass is 10.2. The number of nitrogens with zero attached hydrogens (tertiary/aromatic N) is 4. The molecule has 5 nitrogen and oxygen atoms in total. The van der Waals surface area contributed by atoms with Crippen molar-refractivity contribution in [1.29, 1.82) is 0 Å². The first-order chi connectivity index (χ1) is 9.99. The Bertz CT molecular complexity index is 838. The van der Waals surface area contributed by atoms with Crippen LogP contribution in [0.2, 0.25) is 0 Å². The molecule has 0 saturated heterocycles. The van der Waals surface area contributed by atoms with Gasteiger partial charge in [-0.3, -0.25) is 4.98 Å². The quantitative estimate of drug-likeness (QED) is 0.785. The molecule has 0 aliphatic carbocycles. The summed E-state index contributed by atoms with van der Waals surface area (Å²) >= 11 is 1.66. The van der Waals surface area contributed by atoms with Gasteiger partial charge in [-0.15, -0.1) is 11.3 Å². The molecule has 3 aromatic rings. The Morgan fingerprint density at radius 2 is 1.71 bits per heavy atom. The van der Waals surface area contributed by atoms with E-state index >= 15 is 0 Å². The second kappa shape index (κ2) is 5.04. The molecule has 21 heavy (non-hydrogen) atoms. The largest absolute Gasteiger partial charge is 0.372 e. The first-order valence-electron chi connectivity index (χ1n) is 6.77. The molecule has 0 saturated carbocycles. The lowest BCUT2D eigenvalue weighted by Gasteiger charge is -2.09. The topological polar surface area (TPSA) is 63.6 Å². The van der Waals surface area contributed by atoms with E-state index in [0.717, 1.165) is 49.5 Å². The summed E-state index contributed by atoms with van der Waals surface area (Å²) in [6, 6.07) is 2.08. The number of thiazole rings is 1. The van der Waals surface area contributed by atoms with Crippen molar-refractivity contribution in [2.24, 2.45) is 0 Å². The Morgan fingerprint density at radius 3 is 2.43 bits per heavy atom. The van der Waals surface area contributed by atoms with Crippen LogP contribution in [-0.2, 0) is 0 Å². The summed E-state index contributed by atoms with van der Waals surface area (Å²) < 4.78 is 1.15. The number of anilines is 1. The van der Waals surface area contributed by atoms with E-state index in [2.05, 4.69) is 26.3 Å². The summed E-state index contributed by atoms with van der Waals surface area (Å²) in [5.74, 6) is 1.58. The third-order valence-corrected chi connectivity index (χ3v) is 4.35. The molecular weight excluding hydrogens is 282 g/mol. The molecule has 0 radical (unpaired) electrons. The van der Waals surface area contributed by atoms with E-state index in [4.69, 9.17) is 4.98 Å². The molecule has 0 spiro atoms. The van der Waals surface area contributed by atoms with Gasteiger partial charge >= 0.3 is 0 Å². The average Bonchev–Trinajstić information content (AvgIpc) is 2.81. The van der Waals surface area contributed by atoms with Crippen LogP contribution in [0, 0.1) is 27.7 Å². The number of nitrogens with one attached hydrogen (secondary N) is 1. The highest BCUT2D eigenvalue weighted by molar-refractivity contribution is 7.21. The molecule has 0 bridgehead atoms. The van der Waals surface area contributed by atoms with Crippen molar-refractivity contribution in [2.75, 3.05) is 12.4 Å². The van der Waals surface area contributed by atoms with Gasteiger partial charge in [0.15, 0.2) is 0 Å². The monoisotopic (exact) mass is 299 g/mol. The molecule has 1 N–H and O–H groups in total. The van der Waals surface area contributed by atoms with Gasteiger partial charge in [0.05, 0.1) is 21.7 Å². The molecule has 6 heteroatoms. The summed E-state index contributed by atoms with van der Waals surface area (Å²) in [5, 5.41) is 4.08. The van der Waals surface area contributed by atoms with Crippen LogP contribution in [0.4, 0.5) is 5.82 Å². The van der Waals surface area contributed by atoms with Crippen LogP contribution in [0.5, 0.6) is 0 Å². The smallest absolute Gasteiger partial charge is 0.140 e. The molecule has 0 aromatic carbocycles. The van der Waals surface area contributed by atoms with Gasteiger partial charge < -0.3 is 5.32 Å². The van der Waals surface area contributed by atoms with Crippen molar-refractivity contribution in [3.05, 3.63) is 29.0 Å². The summed E-state index contributed by atoms with van der Waals surface area (Å²) in [4.78, 5) is 18.2. The summed E-state index contributed by atoms with van der Waals surface area (Å²) in [7, 11) is 1.87. The van der Waals surface area contributed by atoms with E-state index < -0.39 is 0 Å². The molecule has 3 aromatic heterocycles. The molecule has 108 valence electrons. The van der Waals surface area contributed by atoms with Crippen molar-refractivity contribution in [2.45, 2.75) is 27.7 Å². The van der Waals surface area contributed by atoms with Crippen molar-refractivity contribution >= 4 is 27.4 Å². The summed E-state index contributed by atoms with van der Waals surface area (Å²) in [6.45, 7) is 7.89. The molecule has 0 aliphatic rings. The molecular formula is C15H17N5S. The van der Waals surface area contributed by atoms with E-state index in [9.17, 15) is 0 Å². The third-order valence-electron chi connectivity index (χ3n) is 3.33. The van der Waals surface area contributed by atoms with E-state index in [1.165, 1.54) is 0 Å². The highest BCUT2D eigenvalue weighted by Crippen LogP contribution is 2.36. The van der Waals surface area contributed by atoms with Crippen molar-refractivity contribution in [3.63, 3.8) is 0 Å². The first kappa shape index (κ1) is 13.9. The minimum Gasteiger partial charge on any atom is -0.372 e. The number of aromatic nitrogens is 4. The fourth-order valence-electron chi connectivity index (χ4n) is 2.48. The van der Waals surface area contributed by atoms with Gasteiger partial charge in [0, 0.05) is 12.7 Å². The number of rotatable bonds is 2. The minimum absolute atomic E-state index is 0.760. The standard InChI is InChI=1S/C15H17N5S/c1-7-6-11-13(9(3)17-7)20-15(21-11)12-8(2)18-10(4)19-14(12)16-5/h6H,1-5H3,(H,16,18,19). The Hall–Kier alpha value is -2.08. The molecule has 0 amide bonds. The molecule has 0 atom stereocenters. The number of fused-ring (bicyclic) bond motifs is 1. The van der Waals surface area contributed by atoms with Gasteiger partial charge in [0.25, 0.3) is 0 Å². The Kier molecular flexibility index (Phi) is 3.33. The molecule has 0 fully saturated rings. The van der Waals surface area contributed by atoms with E-state index in [1.807, 2.05) is 34.7 Å². The normalized spacial score (nSPS) is 11.1. The van der Waals surface area contributed by atoms with E-state index in [1.54, 1.807) is 11.3 Å².